The number of primary amides is 1. The van der Waals surface area contributed by atoms with Crippen LogP contribution in [-0.4, -0.2) is 29.1 Å². The third kappa shape index (κ3) is 7.82. The molecule has 2 N–H and O–H groups in total. The molecule has 0 spiro atoms. The normalized spacial score (nSPS) is 10.1. The van der Waals surface area contributed by atoms with Gasteiger partial charge in [-0.3, -0.25) is 14.4 Å². The Morgan fingerprint density at radius 3 is 2.14 bits per heavy atom. The Morgan fingerprint density at radius 2 is 1.55 bits per heavy atom. The summed E-state index contributed by atoms with van der Waals surface area (Å²) in [5.41, 5.74) is 7.27. The summed E-state index contributed by atoms with van der Waals surface area (Å²) in [6.45, 7) is 0.382. The Kier molecular flexibility index (Phi) is 8.96. The average Bonchev–Trinajstić information content (AvgIpc) is 2.74. The zero-order valence-electron chi connectivity index (χ0n) is 16.1. The monoisotopic (exact) mass is 409 g/mol. The first-order valence-electron chi connectivity index (χ1n) is 9.35. The van der Waals surface area contributed by atoms with Crippen LogP contribution in [0.15, 0.2) is 54.6 Å². The summed E-state index contributed by atoms with van der Waals surface area (Å²) in [4.78, 5) is 34.8. The van der Waals surface area contributed by atoms with E-state index < -0.39 is 5.91 Å². The van der Waals surface area contributed by atoms with Crippen LogP contribution in [0.2, 0.25) is 0 Å². The lowest BCUT2D eigenvalue weighted by molar-refractivity contribution is -0.123. The van der Waals surface area contributed by atoms with Gasteiger partial charge in [-0.25, -0.2) is 0 Å². The zero-order valence-corrected chi connectivity index (χ0v) is 16.9. The van der Waals surface area contributed by atoms with Crippen molar-refractivity contribution in [3.63, 3.8) is 0 Å². The molecular formula is C23H23NO4S. The Labute approximate surface area is 175 Å². The predicted molar refractivity (Wildman–Crippen MR) is 115 cm³/mol. The van der Waals surface area contributed by atoms with Crippen molar-refractivity contribution < 1.29 is 19.1 Å². The third-order valence-electron chi connectivity index (χ3n) is 4.27. The highest BCUT2D eigenvalue weighted by Gasteiger charge is 2.09. The topological polar surface area (TPSA) is 86.5 Å². The number of carbonyl (C=O) groups excluding carboxylic acids is 3. The molecule has 29 heavy (non-hydrogen) atoms. The first-order chi connectivity index (χ1) is 14.0. The predicted octanol–water partition coefficient (Wildman–Crippen LogP) is 3.61. The van der Waals surface area contributed by atoms with Gasteiger partial charge in [0.15, 0.2) is 5.78 Å². The fraction of sp³-hybridized carbons (Fsp3) is 0.261. The number of allylic oxidation sites excluding steroid dienone is 1. The Morgan fingerprint density at radius 1 is 0.931 bits per heavy atom. The molecule has 1 amide bonds. The molecule has 6 heteroatoms. The second kappa shape index (κ2) is 11.7. The second-order valence-electron chi connectivity index (χ2n) is 6.53. The smallest absolute Gasteiger partial charge is 0.217 e. The minimum absolute atomic E-state index is 0.00217. The van der Waals surface area contributed by atoms with Crippen molar-refractivity contribution in [3.8, 4) is 5.75 Å². The molecule has 2 aromatic rings. The summed E-state index contributed by atoms with van der Waals surface area (Å²) >= 11 is 4.66. The summed E-state index contributed by atoms with van der Waals surface area (Å²) in [5.74, 6) is 0.100. The van der Waals surface area contributed by atoms with E-state index in [-0.39, 0.29) is 24.4 Å². The lowest BCUT2D eigenvalue weighted by atomic mass is 10.0. The zero-order chi connectivity index (χ0) is 21.1. The van der Waals surface area contributed by atoms with Crippen LogP contribution < -0.4 is 10.5 Å². The summed E-state index contributed by atoms with van der Waals surface area (Å²) in [7, 11) is 0. The first-order valence-corrected chi connectivity index (χ1v) is 9.76. The van der Waals surface area contributed by atoms with Gasteiger partial charge in [0.25, 0.3) is 0 Å². The number of carbonyl (C=O) groups is 3. The highest BCUT2D eigenvalue weighted by Crippen LogP contribution is 2.17. The number of hydrogen-bond acceptors (Lipinski definition) is 5. The van der Waals surface area contributed by atoms with E-state index in [1.807, 2.05) is 12.1 Å². The molecule has 0 bridgehead atoms. The van der Waals surface area contributed by atoms with E-state index in [4.69, 9.17) is 10.5 Å². The fourth-order valence-electron chi connectivity index (χ4n) is 2.67. The number of ether oxygens (including phenoxy) is 1. The standard InChI is InChI=1S/C23H23NO4S/c24-22(26)14-11-20(25)4-1-15-28-21-12-9-19(10-13-21)23(27)18-7-5-17(6-8-18)3-2-16-29/h2,5-10,12-13H,1,3-4,11,14-15H2,(H2,24,26). The van der Waals surface area contributed by atoms with Gasteiger partial charge in [-0.2, -0.15) is 0 Å². The van der Waals surface area contributed by atoms with E-state index in [1.54, 1.807) is 42.5 Å². The molecule has 2 rings (SSSR count). The van der Waals surface area contributed by atoms with Crippen LogP contribution in [0.4, 0.5) is 0 Å². The number of benzene rings is 2. The Bertz CT molecular complexity index is 897. The molecular weight excluding hydrogens is 386 g/mol. The molecule has 5 nitrogen and oxygen atoms in total. The molecule has 0 radical (unpaired) electrons. The van der Waals surface area contributed by atoms with Gasteiger partial charge < -0.3 is 10.5 Å². The van der Waals surface area contributed by atoms with Gasteiger partial charge in [0.2, 0.25) is 5.91 Å². The van der Waals surface area contributed by atoms with Gasteiger partial charge in [0, 0.05) is 30.4 Å². The SMILES string of the molecule is NC(=O)CCC(=O)CCCOc1ccc(C(=O)c2ccc(CC=C=S)cc2)cc1. The number of thiocarbonyl (C=S) groups is 1. The Hall–Kier alpha value is -3.08. The molecule has 0 saturated carbocycles. The molecule has 0 fully saturated rings. The van der Waals surface area contributed by atoms with E-state index in [9.17, 15) is 14.4 Å². The summed E-state index contributed by atoms with van der Waals surface area (Å²) in [6.07, 6.45) is 3.63. The van der Waals surface area contributed by atoms with Crippen LogP contribution in [0.25, 0.3) is 0 Å². The van der Waals surface area contributed by atoms with Crippen molar-refractivity contribution in [2.45, 2.75) is 32.1 Å². The Balaban J connectivity index is 1.81. The second-order valence-corrected chi connectivity index (χ2v) is 6.77. The number of ketones is 2. The van der Waals surface area contributed by atoms with Crippen molar-refractivity contribution >= 4 is 34.7 Å². The third-order valence-corrected chi connectivity index (χ3v) is 4.44. The maximum Gasteiger partial charge on any atom is 0.217 e. The molecule has 0 aliphatic heterocycles. The van der Waals surface area contributed by atoms with Crippen LogP contribution in [0.1, 0.15) is 47.2 Å². The van der Waals surface area contributed by atoms with E-state index in [2.05, 4.69) is 17.2 Å². The molecule has 0 atom stereocenters. The van der Waals surface area contributed by atoms with Gasteiger partial charge in [-0.1, -0.05) is 29.3 Å². The molecule has 0 saturated heterocycles. The van der Waals surface area contributed by atoms with Gasteiger partial charge in [-0.05, 0) is 61.0 Å². The molecule has 0 unspecified atom stereocenters. The molecule has 2 aromatic carbocycles. The van der Waals surface area contributed by atoms with Crippen molar-refractivity contribution in [1.29, 1.82) is 0 Å². The summed E-state index contributed by atoms with van der Waals surface area (Å²) in [6, 6.07) is 14.3. The largest absolute Gasteiger partial charge is 0.494 e. The average molecular weight is 410 g/mol. The molecule has 0 heterocycles. The van der Waals surface area contributed by atoms with E-state index in [1.165, 1.54) is 0 Å². The van der Waals surface area contributed by atoms with Crippen molar-refractivity contribution in [3.05, 3.63) is 71.3 Å². The minimum Gasteiger partial charge on any atom is -0.494 e. The van der Waals surface area contributed by atoms with Gasteiger partial charge in [0.1, 0.15) is 11.5 Å². The fourth-order valence-corrected chi connectivity index (χ4v) is 2.75. The van der Waals surface area contributed by atoms with Crippen molar-refractivity contribution in [1.82, 2.24) is 0 Å². The lowest BCUT2D eigenvalue weighted by Crippen LogP contribution is -2.13. The molecule has 0 aliphatic carbocycles. The van der Waals surface area contributed by atoms with Crippen LogP contribution in [0.5, 0.6) is 5.75 Å². The maximum atomic E-state index is 12.6. The molecule has 0 aliphatic rings. The summed E-state index contributed by atoms with van der Waals surface area (Å²) < 4.78 is 5.60. The highest BCUT2D eigenvalue weighted by atomic mass is 32.1. The summed E-state index contributed by atoms with van der Waals surface area (Å²) in [5, 5.41) is 2.56. The number of hydrogen-bond donors (Lipinski definition) is 1. The van der Waals surface area contributed by atoms with Gasteiger partial charge in [-0.15, -0.1) is 0 Å². The minimum atomic E-state index is -0.469. The number of Topliss-reactive ketones (excluding diaryl/α,β-unsaturated/α-hetero) is 1. The molecule has 0 aromatic heterocycles. The van der Waals surface area contributed by atoms with Crippen LogP contribution >= 0.6 is 12.2 Å². The van der Waals surface area contributed by atoms with Crippen LogP contribution in [-0.2, 0) is 16.0 Å². The van der Waals surface area contributed by atoms with Gasteiger partial charge >= 0.3 is 0 Å². The van der Waals surface area contributed by atoms with E-state index >= 15 is 0 Å². The first kappa shape index (κ1) is 22.2. The number of amides is 1. The highest BCUT2D eigenvalue weighted by molar-refractivity contribution is 7.78. The van der Waals surface area contributed by atoms with Crippen molar-refractivity contribution in [2.24, 2.45) is 5.73 Å². The van der Waals surface area contributed by atoms with Crippen LogP contribution in [0.3, 0.4) is 0 Å². The van der Waals surface area contributed by atoms with Crippen LogP contribution in [0, 0.1) is 0 Å². The van der Waals surface area contributed by atoms with E-state index in [0.29, 0.717) is 42.7 Å². The van der Waals surface area contributed by atoms with Gasteiger partial charge in [0.05, 0.1) is 6.61 Å². The quantitative estimate of drug-likeness (QED) is 0.329. The number of nitrogens with two attached hydrogens (primary N) is 1. The lowest BCUT2D eigenvalue weighted by Gasteiger charge is -2.07. The molecule has 150 valence electrons. The maximum absolute atomic E-state index is 12.6. The number of rotatable bonds is 12. The van der Waals surface area contributed by atoms with Crippen molar-refractivity contribution in [2.75, 3.05) is 6.61 Å². The van der Waals surface area contributed by atoms with E-state index in [0.717, 1.165) is 5.56 Å².